The minimum atomic E-state index is 0. The van der Waals surface area contributed by atoms with Crippen LogP contribution in [0.1, 0.15) is 84.5 Å². The number of likely N-dealkylation sites (tertiary alicyclic amines) is 1. The molecule has 1 fully saturated rings. The van der Waals surface area contributed by atoms with E-state index in [1.54, 1.807) is 0 Å². The largest absolute Gasteiger partial charge is 1.00 e. The second-order valence-electron chi connectivity index (χ2n) is 6.42. The third-order valence-electron chi connectivity index (χ3n) is 4.74. The second kappa shape index (κ2) is 12.4. The zero-order chi connectivity index (χ0) is 13.1. The highest BCUT2D eigenvalue weighted by Crippen LogP contribution is 2.22. The number of hydrogen-bond donors (Lipinski definition) is 0. The number of halogens is 1. The average molecular weight is 381 g/mol. The minimum absolute atomic E-state index is 0. The van der Waals surface area contributed by atoms with E-state index in [4.69, 9.17) is 0 Å². The Morgan fingerprint density at radius 1 is 0.632 bits per heavy atom. The van der Waals surface area contributed by atoms with Crippen molar-refractivity contribution in [2.24, 2.45) is 0 Å². The number of rotatable bonds is 11. The van der Waals surface area contributed by atoms with Gasteiger partial charge in [-0.15, -0.1) is 0 Å². The van der Waals surface area contributed by atoms with Crippen LogP contribution in [-0.4, -0.2) is 30.7 Å². The van der Waals surface area contributed by atoms with Gasteiger partial charge in [-0.3, -0.25) is 0 Å². The van der Waals surface area contributed by atoms with Crippen molar-refractivity contribution in [1.29, 1.82) is 0 Å². The molecular formula is C17H36IN. The van der Waals surface area contributed by atoms with Crippen molar-refractivity contribution in [3.63, 3.8) is 0 Å². The maximum atomic E-state index is 2.33. The van der Waals surface area contributed by atoms with E-state index in [9.17, 15) is 0 Å². The lowest BCUT2D eigenvalue weighted by Gasteiger charge is -2.34. The van der Waals surface area contributed by atoms with Gasteiger partial charge in [0.2, 0.25) is 0 Å². The van der Waals surface area contributed by atoms with Crippen LogP contribution in [0.5, 0.6) is 0 Å². The van der Waals surface area contributed by atoms with Crippen LogP contribution < -0.4 is 24.0 Å². The third kappa shape index (κ3) is 8.54. The van der Waals surface area contributed by atoms with Crippen LogP contribution in [0.2, 0.25) is 0 Å². The summed E-state index contributed by atoms with van der Waals surface area (Å²) in [6.07, 6.45) is 16.0. The fourth-order valence-corrected chi connectivity index (χ4v) is 3.46. The van der Waals surface area contributed by atoms with E-state index in [0.717, 1.165) is 0 Å². The van der Waals surface area contributed by atoms with Crippen molar-refractivity contribution in [3.05, 3.63) is 0 Å². The van der Waals surface area contributed by atoms with Crippen LogP contribution in [0, 0.1) is 0 Å². The predicted molar refractivity (Wildman–Crippen MR) is 81.9 cm³/mol. The molecule has 0 amide bonds. The molecule has 1 saturated heterocycles. The maximum absolute atomic E-state index is 2.33. The molecule has 0 aromatic heterocycles. The van der Waals surface area contributed by atoms with Crippen LogP contribution in [0.4, 0.5) is 0 Å². The normalized spacial score (nSPS) is 17.4. The summed E-state index contributed by atoms with van der Waals surface area (Å²) in [4.78, 5) is 0. The van der Waals surface area contributed by atoms with Crippen LogP contribution in [-0.2, 0) is 0 Å². The summed E-state index contributed by atoms with van der Waals surface area (Å²) < 4.78 is 1.48. The molecule has 0 N–H and O–H groups in total. The Balaban J connectivity index is 0.00000324. The van der Waals surface area contributed by atoms with Gasteiger partial charge in [0, 0.05) is 12.8 Å². The Morgan fingerprint density at radius 2 is 1.11 bits per heavy atom. The summed E-state index contributed by atoms with van der Waals surface area (Å²) in [5, 5.41) is 0. The first-order valence-corrected chi connectivity index (χ1v) is 8.68. The molecule has 1 aliphatic rings. The van der Waals surface area contributed by atoms with Crippen molar-refractivity contribution in [1.82, 2.24) is 0 Å². The monoisotopic (exact) mass is 381 g/mol. The lowest BCUT2D eigenvalue weighted by Crippen LogP contribution is -3.00. The van der Waals surface area contributed by atoms with Crippen LogP contribution in [0.3, 0.4) is 0 Å². The summed E-state index contributed by atoms with van der Waals surface area (Å²) in [6, 6.07) is 0. The molecule has 0 aromatic rings. The van der Waals surface area contributed by atoms with Crippen molar-refractivity contribution in [2.45, 2.75) is 84.5 Å². The van der Waals surface area contributed by atoms with Crippen molar-refractivity contribution >= 4 is 0 Å². The highest BCUT2D eigenvalue weighted by molar-refractivity contribution is 4.56. The molecule has 0 aliphatic carbocycles. The van der Waals surface area contributed by atoms with Crippen molar-refractivity contribution in [3.8, 4) is 0 Å². The van der Waals surface area contributed by atoms with Crippen LogP contribution in [0.25, 0.3) is 0 Å². The average Bonchev–Trinajstić information content (AvgIpc) is 2.85. The van der Waals surface area contributed by atoms with E-state index in [1.807, 2.05) is 0 Å². The molecule has 19 heavy (non-hydrogen) atoms. The summed E-state index contributed by atoms with van der Waals surface area (Å²) >= 11 is 0. The fraction of sp³-hybridized carbons (Fsp3) is 1.00. The van der Waals surface area contributed by atoms with E-state index in [1.165, 1.54) is 101 Å². The fourth-order valence-electron chi connectivity index (χ4n) is 3.46. The van der Waals surface area contributed by atoms with Crippen molar-refractivity contribution in [2.75, 3.05) is 26.2 Å². The quantitative estimate of drug-likeness (QED) is 0.292. The number of unbranched alkanes of at least 4 members (excludes halogenated alkanes) is 7. The second-order valence-corrected chi connectivity index (χ2v) is 6.42. The summed E-state index contributed by atoms with van der Waals surface area (Å²) in [7, 11) is 0. The van der Waals surface area contributed by atoms with Crippen LogP contribution >= 0.6 is 0 Å². The first kappa shape index (κ1) is 19.7. The zero-order valence-electron chi connectivity index (χ0n) is 13.4. The predicted octanol–water partition coefficient (Wildman–Crippen LogP) is 2.15. The molecule has 2 heteroatoms. The molecule has 0 saturated carbocycles. The van der Waals surface area contributed by atoms with Gasteiger partial charge in [0.15, 0.2) is 0 Å². The van der Waals surface area contributed by atoms with Gasteiger partial charge in [-0.25, -0.2) is 0 Å². The van der Waals surface area contributed by atoms with Gasteiger partial charge in [-0.1, -0.05) is 52.4 Å². The highest BCUT2D eigenvalue weighted by atomic mass is 127. The van der Waals surface area contributed by atoms with E-state index in [2.05, 4.69) is 13.8 Å². The smallest absolute Gasteiger partial charge is 0.0788 e. The van der Waals surface area contributed by atoms with E-state index in [0.29, 0.717) is 0 Å². The SMILES string of the molecule is CCCCCCCCC[N+]1(CCCC)CCCC1.[I-]. The Morgan fingerprint density at radius 3 is 1.68 bits per heavy atom. The molecule has 0 bridgehead atoms. The minimum Gasteiger partial charge on any atom is -1.00 e. The van der Waals surface area contributed by atoms with Gasteiger partial charge in [-0.2, -0.15) is 0 Å². The topological polar surface area (TPSA) is 0 Å². The molecule has 1 nitrogen and oxygen atoms in total. The Labute approximate surface area is 139 Å². The molecule has 0 atom stereocenters. The van der Waals surface area contributed by atoms with Gasteiger partial charge >= 0.3 is 0 Å². The molecule has 1 rings (SSSR count). The van der Waals surface area contributed by atoms with Crippen molar-refractivity contribution < 1.29 is 28.5 Å². The van der Waals surface area contributed by atoms with E-state index in [-0.39, 0.29) is 24.0 Å². The van der Waals surface area contributed by atoms with Gasteiger partial charge in [-0.05, 0) is 19.3 Å². The number of hydrogen-bond acceptors (Lipinski definition) is 0. The zero-order valence-corrected chi connectivity index (χ0v) is 15.6. The number of quaternary nitrogens is 1. The van der Waals surface area contributed by atoms with Gasteiger partial charge in [0.1, 0.15) is 0 Å². The van der Waals surface area contributed by atoms with E-state index >= 15 is 0 Å². The van der Waals surface area contributed by atoms with Gasteiger partial charge < -0.3 is 28.5 Å². The summed E-state index contributed by atoms with van der Waals surface area (Å²) in [5.41, 5.74) is 0. The molecule has 1 aliphatic heterocycles. The van der Waals surface area contributed by atoms with Crippen LogP contribution in [0.15, 0.2) is 0 Å². The Bertz CT molecular complexity index is 188. The first-order chi connectivity index (χ1) is 8.83. The molecule has 0 spiro atoms. The molecule has 0 radical (unpaired) electrons. The molecule has 1 heterocycles. The molecule has 0 aromatic carbocycles. The van der Waals surface area contributed by atoms with E-state index < -0.39 is 0 Å². The standard InChI is InChI=1S/C17H36N.HI/c1-3-5-7-8-9-10-11-15-18(14-6-4-2)16-12-13-17-18;/h3-17H2,1-2H3;1H/q+1;/p-1. The Kier molecular flexibility index (Phi) is 12.9. The molecule has 116 valence electrons. The Hall–Kier alpha value is 0.690. The maximum Gasteiger partial charge on any atom is 0.0788 e. The number of nitrogens with zero attached hydrogens (tertiary/aromatic N) is 1. The summed E-state index contributed by atoms with van der Waals surface area (Å²) in [6.45, 7) is 10.5. The van der Waals surface area contributed by atoms with Gasteiger partial charge in [0.05, 0.1) is 26.2 Å². The first-order valence-electron chi connectivity index (χ1n) is 8.68. The lowest BCUT2D eigenvalue weighted by atomic mass is 10.1. The highest BCUT2D eigenvalue weighted by Gasteiger charge is 2.30. The third-order valence-corrected chi connectivity index (χ3v) is 4.74. The summed E-state index contributed by atoms with van der Waals surface area (Å²) in [5.74, 6) is 0. The molecule has 0 unspecified atom stereocenters. The lowest BCUT2D eigenvalue weighted by molar-refractivity contribution is -0.917. The van der Waals surface area contributed by atoms with Gasteiger partial charge in [0.25, 0.3) is 0 Å². The molecular weight excluding hydrogens is 345 g/mol.